The van der Waals surface area contributed by atoms with Gasteiger partial charge >= 0.3 is 12.2 Å². The number of nitrogens with one attached hydrogen (secondary N) is 3. The van der Waals surface area contributed by atoms with E-state index in [9.17, 15) is 27.2 Å². The third kappa shape index (κ3) is 5.88. The molecule has 0 spiro atoms. The van der Waals surface area contributed by atoms with Crippen LogP contribution >= 0.6 is 0 Å². The minimum Gasteiger partial charge on any atom is -0.368 e. The number of carbonyl (C=O) groups is 2. The number of halogens is 4. The molecule has 0 aliphatic rings. The largest absolute Gasteiger partial charge is 0.419 e. The van der Waals surface area contributed by atoms with Crippen LogP contribution < -0.4 is 21.7 Å². The Kier molecular flexibility index (Phi) is 7.18. The fourth-order valence-electron chi connectivity index (χ4n) is 3.18. The Morgan fingerprint density at radius 3 is 2.44 bits per heavy atom. The van der Waals surface area contributed by atoms with E-state index in [2.05, 4.69) is 25.9 Å². The second-order valence-corrected chi connectivity index (χ2v) is 7.77. The highest BCUT2D eigenvalue weighted by atomic mass is 19.4. The molecule has 0 aliphatic carbocycles. The molecule has 3 amide bonds. The van der Waals surface area contributed by atoms with Crippen LogP contribution in [0.5, 0.6) is 0 Å². The lowest BCUT2D eigenvalue weighted by molar-refractivity contribution is -0.140. The second kappa shape index (κ2) is 9.89. The Hall–Kier alpha value is -3.96. The number of primary amides is 1. The molecular formula is C22H22F4N6O2. The number of hydrogen-bond acceptors (Lipinski definition) is 5. The number of carbonyl (C=O) groups excluding carboxylic acids is 2. The molecule has 0 bridgehead atoms. The Labute approximate surface area is 192 Å². The first-order valence-electron chi connectivity index (χ1n) is 10.2. The van der Waals surface area contributed by atoms with Gasteiger partial charge in [0.05, 0.1) is 17.6 Å². The summed E-state index contributed by atoms with van der Waals surface area (Å²) in [6, 6.07) is 7.58. The second-order valence-electron chi connectivity index (χ2n) is 7.77. The third-order valence-electron chi connectivity index (χ3n) is 4.85. The number of nitrogens with zero attached hydrogens (tertiary/aromatic N) is 2. The number of hydrogen-bond donors (Lipinski definition) is 4. The van der Waals surface area contributed by atoms with Crippen LogP contribution in [-0.4, -0.2) is 27.9 Å². The number of anilines is 2. The molecular weight excluding hydrogens is 456 g/mol. The Balaban J connectivity index is 1.78. The number of alkyl halides is 3. The molecule has 1 aromatic heterocycles. The maximum absolute atomic E-state index is 13.4. The molecule has 180 valence electrons. The van der Waals surface area contributed by atoms with Crippen molar-refractivity contribution in [3.05, 3.63) is 59.7 Å². The van der Waals surface area contributed by atoms with Crippen LogP contribution in [0, 0.1) is 11.7 Å². The summed E-state index contributed by atoms with van der Waals surface area (Å²) in [5.74, 6) is -1.61. The summed E-state index contributed by atoms with van der Waals surface area (Å²) >= 11 is 0. The number of nitrogens with two attached hydrogens (primary N) is 1. The molecule has 1 atom stereocenters. The molecule has 0 saturated carbocycles. The van der Waals surface area contributed by atoms with Crippen molar-refractivity contribution >= 4 is 34.3 Å². The van der Waals surface area contributed by atoms with E-state index in [4.69, 9.17) is 5.73 Å². The lowest BCUT2D eigenvalue weighted by Gasteiger charge is -2.21. The average Bonchev–Trinajstić information content (AvgIpc) is 2.76. The molecule has 0 saturated heterocycles. The van der Waals surface area contributed by atoms with Gasteiger partial charge in [-0.15, -0.1) is 0 Å². The lowest BCUT2D eigenvalue weighted by Crippen LogP contribution is -2.40. The van der Waals surface area contributed by atoms with E-state index in [1.807, 2.05) is 13.8 Å². The number of aromatic nitrogens is 2. The lowest BCUT2D eigenvalue weighted by atomic mass is 10.0. The molecule has 3 rings (SSSR count). The summed E-state index contributed by atoms with van der Waals surface area (Å²) < 4.78 is 52.0. The van der Waals surface area contributed by atoms with Crippen molar-refractivity contribution in [3.8, 4) is 0 Å². The first-order chi connectivity index (χ1) is 16.0. The third-order valence-corrected chi connectivity index (χ3v) is 4.85. The van der Waals surface area contributed by atoms with Gasteiger partial charge in [0.15, 0.2) is 5.82 Å². The Morgan fingerprint density at radius 1 is 1.09 bits per heavy atom. The molecule has 1 heterocycles. The minimum absolute atomic E-state index is 0.129. The van der Waals surface area contributed by atoms with Crippen LogP contribution in [0.25, 0.3) is 10.9 Å². The molecule has 0 fully saturated rings. The van der Waals surface area contributed by atoms with Crippen molar-refractivity contribution in [2.45, 2.75) is 32.6 Å². The maximum Gasteiger partial charge on any atom is 0.419 e. The van der Waals surface area contributed by atoms with Crippen LogP contribution in [0.2, 0.25) is 0 Å². The van der Waals surface area contributed by atoms with E-state index in [1.54, 1.807) is 24.3 Å². The predicted octanol–water partition coefficient (Wildman–Crippen LogP) is 4.03. The van der Waals surface area contributed by atoms with E-state index in [0.29, 0.717) is 28.9 Å². The highest BCUT2D eigenvalue weighted by molar-refractivity contribution is 5.92. The normalized spacial score (nSPS) is 12.4. The SMILES string of the molecule is CC(C)[C@H](Nc1nc(CNC(=O)Nc2ccc(F)c(C(F)(F)F)c2)nc2ccccc12)C(N)=O. The summed E-state index contributed by atoms with van der Waals surface area (Å²) in [7, 11) is 0. The van der Waals surface area contributed by atoms with Crippen LogP contribution in [0.1, 0.15) is 25.2 Å². The van der Waals surface area contributed by atoms with Gasteiger partial charge in [0.25, 0.3) is 0 Å². The van der Waals surface area contributed by atoms with Gasteiger partial charge in [-0.2, -0.15) is 13.2 Å². The highest BCUT2D eigenvalue weighted by Crippen LogP contribution is 2.33. The zero-order chi connectivity index (χ0) is 25.0. The van der Waals surface area contributed by atoms with Crippen LogP contribution in [0.4, 0.5) is 33.9 Å². The highest BCUT2D eigenvalue weighted by Gasteiger charge is 2.34. The summed E-state index contributed by atoms with van der Waals surface area (Å²) in [6.45, 7) is 3.46. The number of benzene rings is 2. The fourth-order valence-corrected chi connectivity index (χ4v) is 3.18. The number of fused-ring (bicyclic) bond motifs is 1. The predicted molar refractivity (Wildman–Crippen MR) is 118 cm³/mol. The standard InChI is InChI=1S/C22H22F4N6O2/c1-11(2)18(19(27)33)32-20-13-5-3-4-6-16(13)30-17(31-20)10-28-21(34)29-12-7-8-15(23)14(9-12)22(24,25)26/h3-9,11,18H,10H2,1-2H3,(H2,27,33)(H2,28,29,34)(H,30,31,32)/t18-/m0/s1. The van der Waals surface area contributed by atoms with E-state index < -0.39 is 35.5 Å². The molecule has 2 aromatic carbocycles. The molecule has 0 aliphatic heterocycles. The van der Waals surface area contributed by atoms with Crippen molar-refractivity contribution in [1.82, 2.24) is 15.3 Å². The zero-order valence-corrected chi connectivity index (χ0v) is 18.2. The van der Waals surface area contributed by atoms with Crippen molar-refractivity contribution < 1.29 is 27.2 Å². The topological polar surface area (TPSA) is 122 Å². The van der Waals surface area contributed by atoms with Crippen molar-refractivity contribution in [3.63, 3.8) is 0 Å². The molecule has 5 N–H and O–H groups in total. The molecule has 12 heteroatoms. The van der Waals surface area contributed by atoms with E-state index in [-0.39, 0.29) is 24.0 Å². The molecule has 0 unspecified atom stereocenters. The average molecular weight is 478 g/mol. The maximum atomic E-state index is 13.4. The van der Waals surface area contributed by atoms with Gasteiger partial charge in [0.1, 0.15) is 17.7 Å². The molecule has 3 aromatic rings. The first kappa shape index (κ1) is 24.7. The quantitative estimate of drug-likeness (QED) is 0.382. The molecule has 0 radical (unpaired) electrons. The van der Waals surface area contributed by atoms with Crippen LogP contribution in [0.3, 0.4) is 0 Å². The van der Waals surface area contributed by atoms with Gasteiger partial charge < -0.3 is 21.7 Å². The van der Waals surface area contributed by atoms with Crippen molar-refractivity contribution in [1.29, 1.82) is 0 Å². The smallest absolute Gasteiger partial charge is 0.368 e. The number of rotatable bonds is 7. The van der Waals surface area contributed by atoms with Crippen molar-refractivity contribution in [2.75, 3.05) is 10.6 Å². The summed E-state index contributed by atoms with van der Waals surface area (Å²) in [4.78, 5) is 32.8. The fraction of sp³-hybridized carbons (Fsp3) is 0.273. The number of urea groups is 1. The number of amides is 3. The molecule has 34 heavy (non-hydrogen) atoms. The van der Waals surface area contributed by atoms with Gasteiger partial charge in [-0.1, -0.05) is 26.0 Å². The Bertz CT molecular complexity index is 1220. The van der Waals surface area contributed by atoms with Gasteiger partial charge in [-0.25, -0.2) is 19.2 Å². The van der Waals surface area contributed by atoms with Gasteiger partial charge in [0.2, 0.25) is 5.91 Å². The van der Waals surface area contributed by atoms with E-state index in [1.165, 1.54) is 0 Å². The van der Waals surface area contributed by atoms with Crippen LogP contribution in [0.15, 0.2) is 42.5 Å². The van der Waals surface area contributed by atoms with Crippen LogP contribution in [-0.2, 0) is 17.5 Å². The van der Waals surface area contributed by atoms with Gasteiger partial charge in [0, 0.05) is 11.1 Å². The minimum atomic E-state index is -4.90. The summed E-state index contributed by atoms with van der Waals surface area (Å²) in [5.41, 5.74) is 4.29. The van der Waals surface area contributed by atoms with E-state index in [0.717, 1.165) is 6.07 Å². The first-order valence-corrected chi connectivity index (χ1v) is 10.2. The van der Waals surface area contributed by atoms with E-state index >= 15 is 0 Å². The Morgan fingerprint density at radius 2 is 1.79 bits per heavy atom. The zero-order valence-electron chi connectivity index (χ0n) is 18.2. The monoisotopic (exact) mass is 478 g/mol. The van der Waals surface area contributed by atoms with Crippen molar-refractivity contribution in [2.24, 2.45) is 11.7 Å². The van der Waals surface area contributed by atoms with Gasteiger partial charge in [-0.05, 0) is 36.2 Å². The number of para-hydroxylation sites is 1. The van der Waals surface area contributed by atoms with Gasteiger partial charge in [-0.3, -0.25) is 4.79 Å². The summed E-state index contributed by atoms with van der Waals surface area (Å²) in [6.07, 6.45) is -4.90. The summed E-state index contributed by atoms with van der Waals surface area (Å²) in [5, 5.41) is 8.31. The molecule has 8 nitrogen and oxygen atoms in total.